The maximum atomic E-state index is 5.66. The first-order valence-corrected chi connectivity index (χ1v) is 4.16. The van der Waals surface area contributed by atoms with Gasteiger partial charge in [-0.25, -0.2) is 4.98 Å². The van der Waals surface area contributed by atoms with Crippen LogP contribution in [0, 0.1) is 0 Å². The molecule has 0 bridgehead atoms. The lowest BCUT2D eigenvalue weighted by molar-refractivity contribution is 1.11. The van der Waals surface area contributed by atoms with Crippen LogP contribution in [0.1, 0.15) is 11.3 Å². The van der Waals surface area contributed by atoms with Gasteiger partial charge in [0.05, 0.1) is 6.33 Å². The number of hydrogen-bond donors (Lipinski definition) is 2. The van der Waals surface area contributed by atoms with E-state index in [0.29, 0.717) is 0 Å². The van der Waals surface area contributed by atoms with E-state index in [1.807, 2.05) is 24.4 Å². The molecule has 2 aromatic rings. The second-order valence-electron chi connectivity index (χ2n) is 3.00. The molecule has 1 heterocycles. The molecule has 3 N–H and O–H groups in total. The maximum Gasteiger partial charge on any atom is 0.0921 e. The van der Waals surface area contributed by atoms with Gasteiger partial charge in [0.2, 0.25) is 0 Å². The van der Waals surface area contributed by atoms with Crippen molar-refractivity contribution in [1.82, 2.24) is 9.97 Å². The fourth-order valence-electron chi connectivity index (χ4n) is 1.30. The molecule has 0 fully saturated rings. The molecule has 0 aliphatic carbocycles. The van der Waals surface area contributed by atoms with Crippen LogP contribution >= 0.6 is 0 Å². The predicted molar refractivity (Wildman–Crippen MR) is 52.2 cm³/mol. The van der Waals surface area contributed by atoms with Crippen molar-refractivity contribution in [3.8, 4) is 0 Å². The number of aromatic amines is 1. The summed E-state index contributed by atoms with van der Waals surface area (Å²) < 4.78 is 0. The van der Waals surface area contributed by atoms with Crippen molar-refractivity contribution in [2.24, 2.45) is 0 Å². The van der Waals surface area contributed by atoms with Gasteiger partial charge in [-0.2, -0.15) is 0 Å². The van der Waals surface area contributed by atoms with Gasteiger partial charge in [-0.15, -0.1) is 0 Å². The average molecular weight is 173 g/mol. The number of imidazole rings is 1. The van der Waals surface area contributed by atoms with Crippen molar-refractivity contribution in [3.05, 3.63) is 48.0 Å². The average Bonchev–Trinajstić information content (AvgIpc) is 2.57. The summed E-state index contributed by atoms with van der Waals surface area (Å²) in [4.78, 5) is 7.01. The molecule has 0 aliphatic rings. The highest BCUT2D eigenvalue weighted by molar-refractivity contribution is 5.41. The minimum atomic E-state index is 0.803. The van der Waals surface area contributed by atoms with E-state index < -0.39 is 0 Å². The third-order valence-corrected chi connectivity index (χ3v) is 1.90. The van der Waals surface area contributed by atoms with Gasteiger partial charge in [-0.1, -0.05) is 12.1 Å². The van der Waals surface area contributed by atoms with Gasteiger partial charge >= 0.3 is 0 Å². The van der Waals surface area contributed by atoms with Crippen LogP contribution < -0.4 is 5.73 Å². The summed E-state index contributed by atoms with van der Waals surface area (Å²) in [6.07, 6.45) is 4.36. The molecule has 0 amide bonds. The van der Waals surface area contributed by atoms with Crippen molar-refractivity contribution < 1.29 is 0 Å². The van der Waals surface area contributed by atoms with E-state index in [-0.39, 0.29) is 0 Å². The van der Waals surface area contributed by atoms with Crippen molar-refractivity contribution in [3.63, 3.8) is 0 Å². The molecule has 0 unspecified atom stereocenters. The van der Waals surface area contributed by atoms with E-state index in [1.165, 1.54) is 5.56 Å². The molecule has 3 nitrogen and oxygen atoms in total. The summed E-state index contributed by atoms with van der Waals surface area (Å²) in [5, 5.41) is 0. The largest absolute Gasteiger partial charge is 0.399 e. The first kappa shape index (κ1) is 7.86. The number of benzene rings is 1. The lowest BCUT2D eigenvalue weighted by Gasteiger charge is -1.99. The second kappa shape index (κ2) is 3.31. The SMILES string of the molecule is Nc1cccc(Cc2cnc[nH]2)c1. The third-order valence-electron chi connectivity index (χ3n) is 1.90. The van der Waals surface area contributed by atoms with Crippen LogP contribution in [-0.2, 0) is 6.42 Å². The first-order valence-electron chi connectivity index (χ1n) is 4.16. The molecule has 0 atom stereocenters. The van der Waals surface area contributed by atoms with E-state index in [4.69, 9.17) is 5.73 Å². The fraction of sp³-hybridized carbons (Fsp3) is 0.100. The standard InChI is InChI=1S/C10H11N3/c11-9-3-1-2-8(4-9)5-10-6-12-7-13-10/h1-4,6-7H,5,11H2,(H,12,13). The normalized spacial score (nSPS) is 10.2. The summed E-state index contributed by atoms with van der Waals surface area (Å²) in [6, 6.07) is 7.87. The maximum absolute atomic E-state index is 5.66. The van der Waals surface area contributed by atoms with Gasteiger partial charge in [0.15, 0.2) is 0 Å². The van der Waals surface area contributed by atoms with Gasteiger partial charge in [0.1, 0.15) is 0 Å². The zero-order chi connectivity index (χ0) is 9.10. The second-order valence-corrected chi connectivity index (χ2v) is 3.00. The Kier molecular flexibility index (Phi) is 2.00. The predicted octanol–water partition coefficient (Wildman–Crippen LogP) is 1.58. The Morgan fingerprint density at radius 1 is 1.38 bits per heavy atom. The van der Waals surface area contributed by atoms with E-state index in [1.54, 1.807) is 6.33 Å². The highest BCUT2D eigenvalue weighted by Gasteiger charge is 1.96. The minimum Gasteiger partial charge on any atom is -0.399 e. The monoisotopic (exact) mass is 173 g/mol. The summed E-state index contributed by atoms with van der Waals surface area (Å²) in [6.45, 7) is 0. The molecule has 0 saturated carbocycles. The summed E-state index contributed by atoms with van der Waals surface area (Å²) in [5.74, 6) is 0. The van der Waals surface area contributed by atoms with Crippen LogP contribution in [0.5, 0.6) is 0 Å². The van der Waals surface area contributed by atoms with Crippen molar-refractivity contribution in [2.75, 3.05) is 5.73 Å². The first-order chi connectivity index (χ1) is 6.34. The number of H-pyrrole nitrogens is 1. The van der Waals surface area contributed by atoms with Crippen molar-refractivity contribution in [1.29, 1.82) is 0 Å². The van der Waals surface area contributed by atoms with Crippen LogP contribution in [-0.4, -0.2) is 9.97 Å². The molecule has 0 spiro atoms. The van der Waals surface area contributed by atoms with Crippen LogP contribution in [0.25, 0.3) is 0 Å². The zero-order valence-electron chi connectivity index (χ0n) is 7.20. The minimum absolute atomic E-state index is 0.803. The number of aromatic nitrogens is 2. The Labute approximate surface area is 76.6 Å². The number of hydrogen-bond acceptors (Lipinski definition) is 2. The summed E-state index contributed by atoms with van der Waals surface area (Å²) in [7, 11) is 0. The van der Waals surface area contributed by atoms with E-state index in [9.17, 15) is 0 Å². The third kappa shape index (κ3) is 1.87. The topological polar surface area (TPSA) is 54.7 Å². The molecule has 13 heavy (non-hydrogen) atoms. The molecule has 1 aromatic heterocycles. The van der Waals surface area contributed by atoms with Crippen LogP contribution in [0.2, 0.25) is 0 Å². The van der Waals surface area contributed by atoms with Gasteiger partial charge in [0.25, 0.3) is 0 Å². The fourth-order valence-corrected chi connectivity index (χ4v) is 1.30. The van der Waals surface area contributed by atoms with Gasteiger partial charge < -0.3 is 10.7 Å². The Morgan fingerprint density at radius 3 is 3.00 bits per heavy atom. The molecular weight excluding hydrogens is 162 g/mol. The van der Waals surface area contributed by atoms with Gasteiger partial charge in [-0.3, -0.25) is 0 Å². The quantitative estimate of drug-likeness (QED) is 0.677. The number of nitrogens with zero attached hydrogens (tertiary/aromatic N) is 1. The number of nitrogens with one attached hydrogen (secondary N) is 1. The highest BCUT2D eigenvalue weighted by Crippen LogP contribution is 2.10. The number of anilines is 1. The Balaban J connectivity index is 2.19. The van der Waals surface area contributed by atoms with Gasteiger partial charge in [-0.05, 0) is 17.7 Å². The number of nitrogens with two attached hydrogens (primary N) is 1. The molecular formula is C10H11N3. The zero-order valence-corrected chi connectivity index (χ0v) is 7.20. The smallest absolute Gasteiger partial charge is 0.0921 e. The van der Waals surface area contributed by atoms with Crippen LogP contribution in [0.3, 0.4) is 0 Å². The molecule has 2 rings (SSSR count). The Bertz CT molecular complexity index is 379. The highest BCUT2D eigenvalue weighted by atomic mass is 14.9. The Hall–Kier alpha value is -1.77. The van der Waals surface area contributed by atoms with Gasteiger partial charge in [0, 0.05) is 24.0 Å². The molecule has 66 valence electrons. The molecule has 1 aromatic carbocycles. The van der Waals surface area contributed by atoms with Crippen LogP contribution in [0.15, 0.2) is 36.8 Å². The molecule has 0 aliphatic heterocycles. The number of rotatable bonds is 2. The lowest BCUT2D eigenvalue weighted by atomic mass is 10.1. The Morgan fingerprint density at radius 2 is 2.31 bits per heavy atom. The number of nitrogen functional groups attached to an aromatic ring is 1. The van der Waals surface area contributed by atoms with Crippen molar-refractivity contribution >= 4 is 5.69 Å². The lowest BCUT2D eigenvalue weighted by Crippen LogP contribution is -1.90. The molecule has 0 saturated heterocycles. The summed E-state index contributed by atoms with van der Waals surface area (Å²) >= 11 is 0. The molecule has 0 radical (unpaired) electrons. The van der Waals surface area contributed by atoms with E-state index in [2.05, 4.69) is 16.0 Å². The van der Waals surface area contributed by atoms with Crippen molar-refractivity contribution in [2.45, 2.75) is 6.42 Å². The van der Waals surface area contributed by atoms with E-state index >= 15 is 0 Å². The summed E-state index contributed by atoms with van der Waals surface area (Å²) in [5.41, 5.74) is 8.77. The molecule has 3 heteroatoms. The van der Waals surface area contributed by atoms with E-state index in [0.717, 1.165) is 17.8 Å². The van der Waals surface area contributed by atoms with Crippen LogP contribution in [0.4, 0.5) is 5.69 Å².